The number of benzene rings is 1. The Morgan fingerprint density at radius 3 is 2.69 bits per heavy atom. The third kappa shape index (κ3) is 3.43. The third-order valence-corrected chi connectivity index (χ3v) is 3.04. The number of hydrogen-bond donors (Lipinski definition) is 0. The van der Waals surface area contributed by atoms with Crippen molar-refractivity contribution in [1.29, 1.82) is 0 Å². The molecule has 16 heavy (non-hydrogen) atoms. The molecular formula is C9H7Cl2FO3S. The highest BCUT2D eigenvalue weighted by atomic mass is 35.7. The maximum absolute atomic E-state index is 13.6. The Kier molecular flexibility index (Phi) is 4.70. The van der Waals surface area contributed by atoms with Gasteiger partial charge in [-0.3, -0.25) is 4.79 Å². The van der Waals surface area contributed by atoms with Crippen molar-refractivity contribution in [2.75, 3.05) is 0 Å². The van der Waals surface area contributed by atoms with E-state index in [1.54, 1.807) is 0 Å². The molecule has 0 aromatic heterocycles. The summed E-state index contributed by atoms with van der Waals surface area (Å²) in [5.41, 5.74) is 0.0340. The Morgan fingerprint density at radius 2 is 2.19 bits per heavy atom. The number of ether oxygens (including phenoxy) is 1. The molecule has 0 saturated carbocycles. The summed E-state index contributed by atoms with van der Waals surface area (Å²) in [6.45, 7) is 0.923. The molecule has 0 heterocycles. The van der Waals surface area contributed by atoms with Crippen LogP contribution in [0.4, 0.5) is 4.39 Å². The van der Waals surface area contributed by atoms with Gasteiger partial charge in [-0.2, -0.15) is 0 Å². The van der Waals surface area contributed by atoms with Gasteiger partial charge in [-0.25, -0.2) is 8.60 Å². The molecule has 0 aliphatic carbocycles. The summed E-state index contributed by atoms with van der Waals surface area (Å²) in [6.07, 6.45) is 0. The second-order valence-electron chi connectivity index (χ2n) is 2.88. The molecule has 0 saturated heterocycles. The van der Waals surface area contributed by atoms with E-state index in [9.17, 15) is 13.4 Å². The molecule has 0 amide bonds. The van der Waals surface area contributed by atoms with Crippen LogP contribution in [0.15, 0.2) is 17.0 Å². The highest BCUT2D eigenvalue weighted by molar-refractivity contribution is 8.08. The van der Waals surface area contributed by atoms with Crippen LogP contribution in [-0.4, -0.2) is 10.2 Å². The van der Waals surface area contributed by atoms with Crippen LogP contribution >= 0.6 is 22.3 Å². The van der Waals surface area contributed by atoms with Crippen molar-refractivity contribution < 1.29 is 18.1 Å². The van der Waals surface area contributed by atoms with Crippen LogP contribution < -0.4 is 0 Å². The monoisotopic (exact) mass is 284 g/mol. The minimum absolute atomic E-state index is 0.0340. The van der Waals surface area contributed by atoms with E-state index in [2.05, 4.69) is 4.74 Å². The maximum Gasteiger partial charge on any atom is 0.302 e. The van der Waals surface area contributed by atoms with E-state index >= 15 is 0 Å². The lowest BCUT2D eigenvalue weighted by atomic mass is 10.2. The van der Waals surface area contributed by atoms with Gasteiger partial charge in [-0.1, -0.05) is 11.6 Å². The predicted molar refractivity (Wildman–Crippen MR) is 59.1 cm³/mol. The number of rotatable bonds is 3. The lowest BCUT2D eigenvalue weighted by Crippen LogP contribution is -2.03. The quantitative estimate of drug-likeness (QED) is 0.633. The zero-order valence-corrected chi connectivity index (χ0v) is 10.5. The fraction of sp³-hybridized carbons (Fsp3) is 0.222. The van der Waals surface area contributed by atoms with E-state index in [4.69, 9.17) is 22.3 Å². The van der Waals surface area contributed by atoms with Crippen molar-refractivity contribution in [1.82, 2.24) is 0 Å². The molecule has 0 fully saturated rings. The van der Waals surface area contributed by atoms with Gasteiger partial charge in [-0.15, -0.1) is 0 Å². The largest absolute Gasteiger partial charge is 0.461 e. The minimum Gasteiger partial charge on any atom is -0.461 e. The minimum atomic E-state index is -2.00. The zero-order valence-electron chi connectivity index (χ0n) is 8.13. The van der Waals surface area contributed by atoms with Crippen molar-refractivity contribution in [3.63, 3.8) is 0 Å². The van der Waals surface area contributed by atoms with Crippen LogP contribution in [-0.2, 0) is 26.2 Å². The topological polar surface area (TPSA) is 43.4 Å². The lowest BCUT2D eigenvalue weighted by molar-refractivity contribution is -0.142. The average molecular weight is 285 g/mol. The molecule has 88 valence electrons. The highest BCUT2D eigenvalue weighted by Crippen LogP contribution is 2.24. The van der Waals surface area contributed by atoms with Crippen molar-refractivity contribution in [3.8, 4) is 0 Å². The smallest absolute Gasteiger partial charge is 0.302 e. The Balaban J connectivity index is 3.09. The number of halogens is 3. The Hall–Kier alpha value is -0.650. The van der Waals surface area contributed by atoms with E-state index in [1.807, 2.05) is 0 Å². The fourth-order valence-corrected chi connectivity index (χ4v) is 2.15. The number of carbonyl (C=O) groups excluding carboxylic acids is 1. The number of esters is 1. The SMILES string of the molecule is CC(=O)OCc1cc(Cl)cc(S(=O)Cl)c1F. The highest BCUT2D eigenvalue weighted by Gasteiger charge is 2.15. The van der Waals surface area contributed by atoms with Crippen LogP contribution in [0, 0.1) is 5.82 Å². The Bertz CT molecular complexity index is 451. The summed E-state index contributed by atoms with van der Waals surface area (Å²) < 4.78 is 29.2. The molecule has 1 atom stereocenters. The van der Waals surface area contributed by atoms with Gasteiger partial charge in [0.1, 0.15) is 12.4 Å². The van der Waals surface area contributed by atoms with Gasteiger partial charge in [0.05, 0.1) is 4.90 Å². The van der Waals surface area contributed by atoms with Crippen LogP contribution in [0.1, 0.15) is 12.5 Å². The van der Waals surface area contributed by atoms with Gasteiger partial charge in [0.15, 0.2) is 10.0 Å². The normalized spacial score (nSPS) is 12.2. The Labute approximate surface area is 103 Å². The van der Waals surface area contributed by atoms with Crippen LogP contribution in [0.25, 0.3) is 0 Å². The van der Waals surface area contributed by atoms with Gasteiger partial charge in [0.2, 0.25) is 0 Å². The first-order valence-corrected chi connectivity index (χ1v) is 6.46. The molecule has 0 spiro atoms. The molecule has 3 nitrogen and oxygen atoms in total. The van der Waals surface area contributed by atoms with Crippen molar-refractivity contribution in [2.24, 2.45) is 0 Å². The molecule has 0 radical (unpaired) electrons. The first kappa shape index (κ1) is 13.4. The second-order valence-corrected chi connectivity index (χ2v) is 5.04. The van der Waals surface area contributed by atoms with E-state index < -0.39 is 21.8 Å². The van der Waals surface area contributed by atoms with Gasteiger partial charge in [-0.05, 0) is 22.8 Å². The molecule has 1 aromatic carbocycles. The van der Waals surface area contributed by atoms with Crippen molar-refractivity contribution in [2.45, 2.75) is 18.4 Å². The molecule has 0 N–H and O–H groups in total. The van der Waals surface area contributed by atoms with Crippen LogP contribution in [0.3, 0.4) is 0 Å². The van der Waals surface area contributed by atoms with Crippen LogP contribution in [0.2, 0.25) is 5.02 Å². The third-order valence-electron chi connectivity index (χ3n) is 1.68. The number of hydrogen-bond acceptors (Lipinski definition) is 3. The molecule has 1 unspecified atom stereocenters. The standard InChI is InChI=1S/C9H7Cl2FO3S/c1-5(13)15-4-6-2-7(10)3-8(9(6)12)16(11)14/h2-3H,4H2,1H3. The molecule has 0 bridgehead atoms. The summed E-state index contributed by atoms with van der Waals surface area (Å²) >= 11 is 5.68. The molecule has 0 aliphatic heterocycles. The van der Waals surface area contributed by atoms with Gasteiger partial charge in [0, 0.05) is 17.5 Å². The summed E-state index contributed by atoms with van der Waals surface area (Å²) in [5, 5.41) is 0.174. The van der Waals surface area contributed by atoms with E-state index in [0.717, 1.165) is 6.07 Å². The van der Waals surface area contributed by atoms with E-state index in [1.165, 1.54) is 13.0 Å². The molecule has 0 aliphatic rings. The number of carbonyl (C=O) groups is 1. The van der Waals surface area contributed by atoms with Crippen molar-refractivity contribution >= 4 is 38.3 Å². The molecule has 7 heteroatoms. The summed E-state index contributed by atoms with van der Waals surface area (Å²) in [6, 6.07) is 2.45. The van der Waals surface area contributed by atoms with Crippen molar-refractivity contribution in [3.05, 3.63) is 28.5 Å². The van der Waals surface area contributed by atoms with E-state index in [0.29, 0.717) is 0 Å². The Morgan fingerprint density at radius 1 is 1.56 bits per heavy atom. The van der Waals surface area contributed by atoms with Gasteiger partial charge in [0.25, 0.3) is 0 Å². The summed E-state index contributed by atoms with van der Waals surface area (Å²) in [5.74, 6) is -1.33. The molecular weight excluding hydrogens is 278 g/mol. The first-order valence-electron chi connectivity index (χ1n) is 4.11. The molecule has 1 rings (SSSR count). The second kappa shape index (κ2) is 5.61. The maximum atomic E-state index is 13.6. The zero-order chi connectivity index (χ0) is 12.3. The van der Waals surface area contributed by atoms with E-state index in [-0.39, 0.29) is 22.1 Å². The summed E-state index contributed by atoms with van der Waals surface area (Å²) in [7, 11) is 3.28. The summed E-state index contributed by atoms with van der Waals surface area (Å²) in [4.78, 5) is 10.3. The fourth-order valence-electron chi connectivity index (χ4n) is 1.02. The van der Waals surface area contributed by atoms with Gasteiger partial charge < -0.3 is 4.74 Å². The van der Waals surface area contributed by atoms with Crippen LogP contribution in [0.5, 0.6) is 0 Å². The van der Waals surface area contributed by atoms with Gasteiger partial charge >= 0.3 is 5.97 Å². The predicted octanol–water partition coefficient (Wildman–Crippen LogP) is 2.80. The first-order chi connectivity index (χ1) is 7.41. The molecule has 1 aromatic rings. The lowest BCUT2D eigenvalue weighted by Gasteiger charge is -2.07. The average Bonchev–Trinajstić information content (AvgIpc) is 2.18.